The van der Waals surface area contributed by atoms with E-state index in [2.05, 4.69) is 36.1 Å². The maximum atomic E-state index is 13.1. The zero-order valence-corrected chi connectivity index (χ0v) is 17.4. The minimum Gasteiger partial charge on any atom is -0.348 e. The average molecular weight is 388 g/mol. The first-order valence-electron chi connectivity index (χ1n) is 10.6. The Labute approximate surface area is 167 Å². The number of aromatic amines is 1. The van der Waals surface area contributed by atoms with Crippen molar-refractivity contribution in [3.05, 3.63) is 17.7 Å². The molecule has 2 amide bonds. The SMILES string of the molecule is CC(C)(C)CC(=O)N1CCC2(CC1)N[C@H](C(=O)N1CCCC1)Cc1[nH]cnc12. The van der Waals surface area contributed by atoms with Crippen LogP contribution in [0.5, 0.6) is 0 Å². The van der Waals surface area contributed by atoms with Crippen molar-refractivity contribution in [2.24, 2.45) is 5.41 Å². The quantitative estimate of drug-likeness (QED) is 0.811. The average Bonchev–Trinajstić information content (AvgIpc) is 3.32. The summed E-state index contributed by atoms with van der Waals surface area (Å²) < 4.78 is 0. The molecule has 154 valence electrons. The lowest BCUT2D eigenvalue weighted by Crippen LogP contribution is -2.62. The van der Waals surface area contributed by atoms with Crippen molar-refractivity contribution in [1.82, 2.24) is 25.1 Å². The van der Waals surface area contributed by atoms with Gasteiger partial charge in [0.2, 0.25) is 11.8 Å². The summed E-state index contributed by atoms with van der Waals surface area (Å²) in [6, 6.07) is -0.206. The zero-order valence-electron chi connectivity index (χ0n) is 17.4. The standard InChI is InChI=1S/C21H33N5O2/c1-20(2,3)13-17(27)25-10-6-21(7-11-25)18-15(22-14-23-18)12-16(24-21)19(28)26-8-4-5-9-26/h14,16,24H,4-13H2,1-3H3,(H,22,23)/t16-/m0/s1. The monoisotopic (exact) mass is 387 g/mol. The Kier molecular flexibility index (Phi) is 4.98. The second-order valence-electron chi connectivity index (χ2n) is 9.86. The molecule has 0 unspecified atom stereocenters. The molecule has 2 saturated heterocycles. The van der Waals surface area contributed by atoms with Crippen LogP contribution in [-0.2, 0) is 21.5 Å². The Morgan fingerprint density at radius 3 is 2.46 bits per heavy atom. The van der Waals surface area contributed by atoms with E-state index in [1.54, 1.807) is 6.33 Å². The summed E-state index contributed by atoms with van der Waals surface area (Å²) in [5.41, 5.74) is 1.80. The maximum absolute atomic E-state index is 13.1. The fourth-order valence-electron chi connectivity index (χ4n) is 4.94. The number of aromatic nitrogens is 2. The molecular formula is C21H33N5O2. The lowest BCUT2D eigenvalue weighted by atomic mass is 9.78. The second kappa shape index (κ2) is 7.17. The molecule has 0 aromatic carbocycles. The summed E-state index contributed by atoms with van der Waals surface area (Å²) in [4.78, 5) is 37.6. The Morgan fingerprint density at radius 2 is 1.82 bits per heavy atom. The number of nitrogens with one attached hydrogen (secondary N) is 2. The van der Waals surface area contributed by atoms with Gasteiger partial charge in [-0.15, -0.1) is 0 Å². The van der Waals surface area contributed by atoms with Gasteiger partial charge in [0.05, 0.1) is 23.6 Å². The van der Waals surface area contributed by atoms with Crippen LogP contribution in [-0.4, -0.2) is 63.8 Å². The van der Waals surface area contributed by atoms with E-state index in [1.807, 2.05) is 9.80 Å². The minimum absolute atomic E-state index is 0.00207. The van der Waals surface area contributed by atoms with Gasteiger partial charge in [-0.2, -0.15) is 0 Å². The number of imidazole rings is 1. The molecule has 28 heavy (non-hydrogen) atoms. The number of carbonyl (C=O) groups is 2. The first-order valence-corrected chi connectivity index (χ1v) is 10.6. The summed E-state index contributed by atoms with van der Waals surface area (Å²) in [5.74, 6) is 0.438. The van der Waals surface area contributed by atoms with Crippen molar-refractivity contribution in [3.8, 4) is 0 Å². The highest BCUT2D eigenvalue weighted by Crippen LogP contribution is 2.38. The number of carbonyl (C=O) groups excluding carboxylic acids is 2. The van der Waals surface area contributed by atoms with Crippen LogP contribution in [0.15, 0.2) is 6.33 Å². The number of fused-ring (bicyclic) bond motifs is 2. The molecule has 7 heteroatoms. The minimum atomic E-state index is -0.313. The first kappa shape index (κ1) is 19.4. The van der Waals surface area contributed by atoms with Crippen LogP contribution in [0.1, 0.15) is 64.3 Å². The number of amides is 2. The van der Waals surface area contributed by atoms with Gasteiger partial charge < -0.3 is 14.8 Å². The summed E-state index contributed by atoms with van der Waals surface area (Å²) in [7, 11) is 0. The number of nitrogens with zero attached hydrogens (tertiary/aromatic N) is 3. The van der Waals surface area contributed by atoms with E-state index in [0.29, 0.717) is 25.9 Å². The molecule has 1 aromatic heterocycles. The van der Waals surface area contributed by atoms with Crippen molar-refractivity contribution in [3.63, 3.8) is 0 Å². The normalized spacial score (nSPS) is 24.5. The molecule has 4 rings (SSSR count). The van der Waals surface area contributed by atoms with Crippen molar-refractivity contribution in [1.29, 1.82) is 0 Å². The number of hydrogen-bond acceptors (Lipinski definition) is 4. The van der Waals surface area contributed by atoms with Crippen LogP contribution in [0.25, 0.3) is 0 Å². The Balaban J connectivity index is 1.49. The van der Waals surface area contributed by atoms with Gasteiger partial charge in [0, 0.05) is 44.7 Å². The summed E-state index contributed by atoms with van der Waals surface area (Å²) in [6.45, 7) is 9.46. The van der Waals surface area contributed by atoms with Crippen LogP contribution in [0.2, 0.25) is 0 Å². The van der Waals surface area contributed by atoms with Gasteiger partial charge in [-0.25, -0.2) is 4.98 Å². The molecule has 0 aliphatic carbocycles. The Hall–Kier alpha value is -1.89. The van der Waals surface area contributed by atoms with Gasteiger partial charge in [0.25, 0.3) is 0 Å². The van der Waals surface area contributed by atoms with Gasteiger partial charge in [-0.1, -0.05) is 20.8 Å². The molecule has 1 atom stereocenters. The lowest BCUT2D eigenvalue weighted by molar-refractivity contribution is -0.137. The highest BCUT2D eigenvalue weighted by atomic mass is 16.2. The second-order valence-corrected chi connectivity index (χ2v) is 9.86. The maximum Gasteiger partial charge on any atom is 0.240 e. The molecule has 2 N–H and O–H groups in total. The molecule has 1 aromatic rings. The first-order chi connectivity index (χ1) is 13.3. The van der Waals surface area contributed by atoms with Gasteiger partial charge in [-0.3, -0.25) is 14.9 Å². The van der Waals surface area contributed by atoms with E-state index in [1.165, 1.54) is 0 Å². The van der Waals surface area contributed by atoms with Gasteiger partial charge in [-0.05, 0) is 31.1 Å². The molecule has 3 aliphatic heterocycles. The smallest absolute Gasteiger partial charge is 0.240 e. The molecular weight excluding hydrogens is 354 g/mol. The Morgan fingerprint density at radius 1 is 1.14 bits per heavy atom. The predicted molar refractivity (Wildman–Crippen MR) is 107 cm³/mol. The third-order valence-corrected chi connectivity index (χ3v) is 6.40. The number of piperidine rings is 1. The van der Waals surface area contributed by atoms with E-state index in [-0.39, 0.29) is 28.8 Å². The van der Waals surface area contributed by atoms with E-state index >= 15 is 0 Å². The highest BCUT2D eigenvalue weighted by molar-refractivity contribution is 5.83. The highest BCUT2D eigenvalue weighted by Gasteiger charge is 2.47. The molecule has 0 saturated carbocycles. The van der Waals surface area contributed by atoms with Gasteiger partial charge in [0.1, 0.15) is 0 Å². The largest absolute Gasteiger partial charge is 0.348 e. The van der Waals surface area contributed by atoms with E-state index < -0.39 is 0 Å². The fourth-order valence-corrected chi connectivity index (χ4v) is 4.94. The Bertz CT molecular complexity index is 736. The summed E-state index contributed by atoms with van der Waals surface area (Å²) in [6.07, 6.45) is 6.77. The number of H-pyrrole nitrogens is 1. The van der Waals surface area contributed by atoms with Gasteiger partial charge >= 0.3 is 0 Å². The third-order valence-electron chi connectivity index (χ3n) is 6.40. The van der Waals surface area contributed by atoms with Crippen molar-refractivity contribution in [2.75, 3.05) is 26.2 Å². The van der Waals surface area contributed by atoms with Crippen LogP contribution >= 0.6 is 0 Å². The number of hydrogen-bond donors (Lipinski definition) is 2. The topological polar surface area (TPSA) is 81.3 Å². The molecule has 1 spiro atoms. The molecule has 0 bridgehead atoms. The molecule has 4 heterocycles. The number of likely N-dealkylation sites (tertiary alicyclic amines) is 2. The van der Waals surface area contributed by atoms with Crippen LogP contribution in [0.3, 0.4) is 0 Å². The summed E-state index contributed by atoms with van der Waals surface area (Å²) >= 11 is 0. The molecule has 3 aliphatic rings. The van der Waals surface area contributed by atoms with Crippen LogP contribution in [0.4, 0.5) is 0 Å². The van der Waals surface area contributed by atoms with Crippen molar-refractivity contribution < 1.29 is 9.59 Å². The van der Waals surface area contributed by atoms with E-state index in [4.69, 9.17) is 0 Å². The van der Waals surface area contributed by atoms with Gasteiger partial charge in [0.15, 0.2) is 0 Å². The molecule has 2 fully saturated rings. The number of rotatable bonds is 2. The third kappa shape index (κ3) is 3.69. The lowest BCUT2D eigenvalue weighted by Gasteiger charge is -2.46. The molecule has 0 radical (unpaired) electrons. The van der Waals surface area contributed by atoms with Crippen molar-refractivity contribution in [2.45, 2.75) is 70.9 Å². The van der Waals surface area contributed by atoms with E-state index in [9.17, 15) is 9.59 Å². The zero-order chi connectivity index (χ0) is 19.9. The van der Waals surface area contributed by atoms with Crippen LogP contribution < -0.4 is 5.32 Å². The van der Waals surface area contributed by atoms with Crippen molar-refractivity contribution >= 4 is 11.8 Å². The molecule has 7 nitrogen and oxygen atoms in total. The van der Waals surface area contributed by atoms with Crippen LogP contribution in [0, 0.1) is 5.41 Å². The van der Waals surface area contributed by atoms with E-state index in [0.717, 1.165) is 50.2 Å². The summed E-state index contributed by atoms with van der Waals surface area (Å²) in [5, 5.41) is 3.68. The predicted octanol–water partition coefficient (Wildman–Crippen LogP) is 1.80. The fraction of sp³-hybridized carbons (Fsp3) is 0.762.